The first-order valence-corrected chi connectivity index (χ1v) is 11.0. The van der Waals surface area contributed by atoms with Gasteiger partial charge in [0.25, 0.3) is 5.91 Å². The number of hydrogen-bond acceptors (Lipinski definition) is 7. The monoisotopic (exact) mass is 445 g/mol. The third kappa shape index (κ3) is 8.49. The molecule has 0 saturated carbocycles. The molecule has 1 aliphatic rings. The highest BCUT2D eigenvalue weighted by Gasteiger charge is 2.38. The van der Waals surface area contributed by atoms with E-state index in [2.05, 4.69) is 10.4 Å². The van der Waals surface area contributed by atoms with Gasteiger partial charge in [0.2, 0.25) is 0 Å². The summed E-state index contributed by atoms with van der Waals surface area (Å²) in [5, 5.41) is 7.57. The van der Waals surface area contributed by atoms with Crippen molar-refractivity contribution in [3.63, 3.8) is 0 Å². The lowest BCUT2D eigenvalue weighted by Gasteiger charge is -2.18. The molecule has 1 aromatic carbocycles. The van der Waals surface area contributed by atoms with Crippen molar-refractivity contribution in [1.82, 2.24) is 10.3 Å². The van der Waals surface area contributed by atoms with Gasteiger partial charge in [0, 0.05) is 19.8 Å². The van der Waals surface area contributed by atoms with Crippen molar-refractivity contribution in [2.75, 3.05) is 6.61 Å². The Labute approximate surface area is 188 Å². The van der Waals surface area contributed by atoms with Gasteiger partial charge in [-0.25, -0.2) is 9.80 Å². The average molecular weight is 446 g/mol. The fourth-order valence-electron chi connectivity index (χ4n) is 3.41. The van der Waals surface area contributed by atoms with Crippen LogP contribution in [0.25, 0.3) is 0 Å². The number of ether oxygens (including phenoxy) is 2. The molecular formula is C23H31N3O6. The zero-order valence-corrected chi connectivity index (χ0v) is 18.6. The third-order valence-corrected chi connectivity index (χ3v) is 4.90. The quantitative estimate of drug-likeness (QED) is 0.216. The molecule has 2 atom stereocenters. The number of nitrogens with zero attached hydrogens (tertiary/aromatic N) is 2. The van der Waals surface area contributed by atoms with Crippen molar-refractivity contribution >= 4 is 30.1 Å². The Balaban J connectivity index is 1.89. The fraction of sp³-hybridized carbons (Fsp3) is 0.522. The number of amides is 3. The number of nitrogens with one attached hydrogen (secondary N) is 1. The van der Waals surface area contributed by atoms with Crippen LogP contribution in [0.2, 0.25) is 0 Å². The molecule has 0 aliphatic carbocycles. The van der Waals surface area contributed by atoms with Crippen LogP contribution in [-0.2, 0) is 30.3 Å². The summed E-state index contributed by atoms with van der Waals surface area (Å²) in [6.07, 6.45) is 5.03. The van der Waals surface area contributed by atoms with Crippen molar-refractivity contribution in [2.45, 2.75) is 70.9 Å². The lowest BCUT2D eigenvalue weighted by atomic mass is 10.1. The minimum Gasteiger partial charge on any atom is -0.466 e. The Morgan fingerprint density at radius 1 is 1.16 bits per heavy atom. The molecule has 0 aromatic heterocycles. The van der Waals surface area contributed by atoms with E-state index in [4.69, 9.17) is 9.47 Å². The summed E-state index contributed by atoms with van der Waals surface area (Å²) in [5.74, 6) is -1.06. The summed E-state index contributed by atoms with van der Waals surface area (Å²) in [6.45, 7) is 3.46. The van der Waals surface area contributed by atoms with Crippen LogP contribution in [0.4, 0.5) is 4.79 Å². The van der Waals surface area contributed by atoms with Crippen LogP contribution < -0.4 is 5.32 Å². The lowest BCUT2D eigenvalue weighted by Crippen LogP contribution is -2.32. The van der Waals surface area contributed by atoms with Crippen molar-refractivity contribution in [1.29, 1.82) is 0 Å². The SMILES string of the molecule is CCOC(=O)CCCCCCC1C(=O)NC(=O)N1N=CC(Cc1ccccc1)OC(C)=O. The maximum absolute atomic E-state index is 12.2. The Bertz CT molecular complexity index is 811. The number of rotatable bonds is 13. The van der Waals surface area contributed by atoms with Crippen LogP contribution in [0.1, 0.15) is 57.9 Å². The molecule has 1 aromatic rings. The molecule has 9 heteroatoms. The van der Waals surface area contributed by atoms with Crippen molar-refractivity contribution in [3.05, 3.63) is 35.9 Å². The maximum atomic E-state index is 12.2. The van der Waals surface area contributed by atoms with Gasteiger partial charge >= 0.3 is 18.0 Å². The Hall–Kier alpha value is -3.23. The smallest absolute Gasteiger partial charge is 0.345 e. The summed E-state index contributed by atoms with van der Waals surface area (Å²) in [6, 6.07) is 8.15. The Kier molecular flexibility index (Phi) is 10.4. The van der Waals surface area contributed by atoms with E-state index < -0.39 is 30.1 Å². The second-order valence-corrected chi connectivity index (χ2v) is 7.51. The van der Waals surface area contributed by atoms with E-state index in [0.717, 1.165) is 29.8 Å². The lowest BCUT2D eigenvalue weighted by molar-refractivity contribution is -0.144. The molecule has 1 fully saturated rings. The highest BCUT2D eigenvalue weighted by atomic mass is 16.5. The molecule has 0 radical (unpaired) electrons. The number of carbonyl (C=O) groups is 4. The zero-order valence-electron chi connectivity index (χ0n) is 18.6. The highest BCUT2D eigenvalue weighted by Crippen LogP contribution is 2.17. The van der Waals surface area contributed by atoms with Gasteiger partial charge in [0.05, 0.1) is 12.8 Å². The Morgan fingerprint density at radius 3 is 2.56 bits per heavy atom. The summed E-state index contributed by atoms with van der Waals surface area (Å²) in [4.78, 5) is 47.2. The van der Waals surface area contributed by atoms with Crippen molar-refractivity contribution < 1.29 is 28.7 Å². The summed E-state index contributed by atoms with van der Waals surface area (Å²) >= 11 is 0. The average Bonchev–Trinajstić information content (AvgIpc) is 3.01. The maximum Gasteiger partial charge on any atom is 0.345 e. The van der Waals surface area contributed by atoms with E-state index in [-0.39, 0.29) is 5.97 Å². The topological polar surface area (TPSA) is 114 Å². The second kappa shape index (κ2) is 13.2. The molecule has 1 heterocycles. The number of hydrazone groups is 1. The fourth-order valence-corrected chi connectivity index (χ4v) is 3.41. The van der Waals surface area contributed by atoms with Gasteiger partial charge in [-0.1, -0.05) is 49.6 Å². The van der Waals surface area contributed by atoms with Gasteiger partial charge in [0.15, 0.2) is 0 Å². The van der Waals surface area contributed by atoms with Gasteiger partial charge in [-0.2, -0.15) is 5.10 Å². The summed E-state index contributed by atoms with van der Waals surface area (Å²) in [7, 11) is 0. The normalized spacial score (nSPS) is 16.8. The van der Waals surface area contributed by atoms with Crippen LogP contribution in [-0.4, -0.2) is 53.9 Å². The summed E-state index contributed by atoms with van der Waals surface area (Å²) in [5.41, 5.74) is 0.950. The van der Waals surface area contributed by atoms with Crippen LogP contribution in [0.3, 0.4) is 0 Å². The molecule has 1 aliphatic heterocycles. The molecule has 1 N–H and O–H groups in total. The molecule has 2 unspecified atom stereocenters. The molecule has 32 heavy (non-hydrogen) atoms. The van der Waals surface area contributed by atoms with E-state index in [1.807, 2.05) is 30.3 Å². The van der Waals surface area contributed by atoms with E-state index in [0.29, 0.717) is 32.3 Å². The van der Waals surface area contributed by atoms with Crippen LogP contribution >= 0.6 is 0 Å². The molecule has 2 rings (SSSR count). The van der Waals surface area contributed by atoms with Crippen LogP contribution in [0, 0.1) is 0 Å². The van der Waals surface area contributed by atoms with Crippen LogP contribution in [0.15, 0.2) is 35.4 Å². The molecule has 0 bridgehead atoms. The zero-order chi connectivity index (χ0) is 23.3. The van der Waals surface area contributed by atoms with E-state index >= 15 is 0 Å². The third-order valence-electron chi connectivity index (χ3n) is 4.90. The first-order valence-electron chi connectivity index (χ1n) is 11.0. The van der Waals surface area contributed by atoms with E-state index in [1.165, 1.54) is 13.1 Å². The molecule has 1 saturated heterocycles. The van der Waals surface area contributed by atoms with Crippen molar-refractivity contribution in [2.24, 2.45) is 5.10 Å². The minimum absolute atomic E-state index is 0.202. The number of hydrogen-bond donors (Lipinski definition) is 1. The standard InChI is InChI=1S/C23H31N3O6/c1-3-31-21(28)14-10-5-4-9-13-20-22(29)25-23(30)26(20)24-16-19(32-17(2)27)15-18-11-7-6-8-12-18/h6-8,11-12,16,19-20H,3-5,9-10,13-15H2,1-2H3,(H,25,29,30). The van der Waals surface area contributed by atoms with Gasteiger partial charge < -0.3 is 9.47 Å². The minimum atomic E-state index is -0.710. The van der Waals surface area contributed by atoms with Gasteiger partial charge in [-0.05, 0) is 25.3 Å². The Morgan fingerprint density at radius 2 is 1.88 bits per heavy atom. The molecular weight excluding hydrogens is 414 g/mol. The number of carbonyl (C=O) groups excluding carboxylic acids is 4. The summed E-state index contributed by atoms with van der Waals surface area (Å²) < 4.78 is 10.2. The number of unbranched alkanes of at least 4 members (excludes halogenated alkanes) is 3. The molecule has 0 spiro atoms. The number of benzene rings is 1. The number of urea groups is 1. The van der Waals surface area contributed by atoms with Crippen molar-refractivity contribution in [3.8, 4) is 0 Å². The van der Waals surface area contributed by atoms with E-state index in [1.54, 1.807) is 6.92 Å². The molecule has 174 valence electrons. The largest absolute Gasteiger partial charge is 0.466 e. The van der Waals surface area contributed by atoms with Crippen LogP contribution in [0.5, 0.6) is 0 Å². The highest BCUT2D eigenvalue weighted by molar-refractivity contribution is 6.04. The van der Waals surface area contributed by atoms with Gasteiger partial charge in [-0.3, -0.25) is 19.7 Å². The first-order chi connectivity index (χ1) is 15.4. The predicted molar refractivity (Wildman–Crippen MR) is 118 cm³/mol. The van der Waals surface area contributed by atoms with Gasteiger partial charge in [0.1, 0.15) is 12.1 Å². The van der Waals surface area contributed by atoms with Gasteiger partial charge in [-0.15, -0.1) is 0 Å². The number of esters is 2. The number of imide groups is 1. The molecule has 9 nitrogen and oxygen atoms in total. The predicted octanol–water partition coefficient (Wildman–Crippen LogP) is 2.97. The second-order valence-electron chi connectivity index (χ2n) is 7.51. The molecule has 3 amide bonds. The first kappa shape index (κ1) is 25.0. The van der Waals surface area contributed by atoms with E-state index in [9.17, 15) is 19.2 Å².